The van der Waals surface area contributed by atoms with Gasteiger partial charge < -0.3 is 24.1 Å². The molecule has 1 spiro atoms. The normalized spacial score (nSPS) is 18.7. The van der Waals surface area contributed by atoms with Gasteiger partial charge in [-0.1, -0.05) is 6.07 Å². The number of aliphatic carboxylic acids is 2. The SMILES string of the molecule is Cc1ccc(CN2CCC3(CC2)OCCC3CCOCc2cccnc2)o1.O=C(O)C(F)(F)F.O=C(O)C(F)(F)F. The van der Waals surface area contributed by atoms with Gasteiger partial charge in [-0.25, -0.2) is 9.59 Å². The highest BCUT2D eigenvalue weighted by Gasteiger charge is 2.45. The average Bonchev–Trinajstić information content (AvgIpc) is 3.49. The highest BCUT2D eigenvalue weighted by molar-refractivity contribution is 5.73. The van der Waals surface area contributed by atoms with Gasteiger partial charge in [0.05, 0.1) is 18.8 Å². The zero-order valence-corrected chi connectivity index (χ0v) is 22.2. The Balaban J connectivity index is 0.000000349. The van der Waals surface area contributed by atoms with E-state index in [4.69, 9.17) is 33.7 Å². The predicted octanol–water partition coefficient (Wildman–Crippen LogP) is 5.23. The van der Waals surface area contributed by atoms with Crippen molar-refractivity contribution in [3.63, 3.8) is 0 Å². The van der Waals surface area contributed by atoms with Gasteiger partial charge in [-0.05, 0) is 62.3 Å². The summed E-state index contributed by atoms with van der Waals surface area (Å²) < 4.78 is 81.4. The lowest BCUT2D eigenvalue weighted by molar-refractivity contribution is -0.193. The second-order valence-corrected chi connectivity index (χ2v) is 9.50. The number of piperidine rings is 1. The van der Waals surface area contributed by atoms with E-state index < -0.39 is 24.3 Å². The highest BCUT2D eigenvalue weighted by Crippen LogP contribution is 2.42. The Bertz CT molecular complexity index is 1060. The molecule has 0 amide bonds. The molecule has 1 atom stereocenters. The third-order valence-electron chi connectivity index (χ3n) is 6.56. The van der Waals surface area contributed by atoms with Gasteiger partial charge in [0.2, 0.25) is 0 Å². The van der Waals surface area contributed by atoms with Crippen LogP contribution < -0.4 is 0 Å². The van der Waals surface area contributed by atoms with Crippen LogP contribution in [0, 0.1) is 12.8 Å². The van der Waals surface area contributed by atoms with E-state index in [2.05, 4.69) is 22.0 Å². The molecule has 41 heavy (non-hydrogen) atoms. The van der Waals surface area contributed by atoms with E-state index in [9.17, 15) is 26.3 Å². The fourth-order valence-corrected chi connectivity index (χ4v) is 4.52. The van der Waals surface area contributed by atoms with E-state index in [1.807, 2.05) is 25.3 Å². The van der Waals surface area contributed by atoms with E-state index in [0.717, 1.165) is 75.6 Å². The quantitative estimate of drug-likeness (QED) is 0.326. The first kappa shape index (κ1) is 34.0. The summed E-state index contributed by atoms with van der Waals surface area (Å²) in [5.74, 6) is -2.85. The van der Waals surface area contributed by atoms with Gasteiger partial charge in [0, 0.05) is 38.7 Å². The number of carboxylic acid groups (broad SMARTS) is 2. The molecule has 230 valence electrons. The minimum absolute atomic E-state index is 0.0627. The Morgan fingerprint density at radius 1 is 1.07 bits per heavy atom. The largest absolute Gasteiger partial charge is 0.490 e. The van der Waals surface area contributed by atoms with Crippen LogP contribution in [0.5, 0.6) is 0 Å². The second kappa shape index (κ2) is 15.2. The summed E-state index contributed by atoms with van der Waals surface area (Å²) in [5.41, 5.74) is 1.20. The lowest BCUT2D eigenvalue weighted by Crippen LogP contribution is -2.47. The Morgan fingerprint density at radius 3 is 2.17 bits per heavy atom. The molecule has 2 fully saturated rings. The van der Waals surface area contributed by atoms with Crippen LogP contribution >= 0.6 is 0 Å². The lowest BCUT2D eigenvalue weighted by Gasteiger charge is -2.42. The van der Waals surface area contributed by atoms with Gasteiger partial charge >= 0.3 is 24.3 Å². The van der Waals surface area contributed by atoms with Gasteiger partial charge in [-0.3, -0.25) is 9.88 Å². The minimum atomic E-state index is -5.08. The molecule has 2 aromatic heterocycles. The fourth-order valence-electron chi connectivity index (χ4n) is 4.52. The van der Waals surface area contributed by atoms with Gasteiger partial charge in [0.15, 0.2) is 0 Å². The molecule has 0 bridgehead atoms. The van der Waals surface area contributed by atoms with Crippen molar-refractivity contribution in [2.75, 3.05) is 26.3 Å². The van der Waals surface area contributed by atoms with Crippen LogP contribution in [0.2, 0.25) is 0 Å². The van der Waals surface area contributed by atoms with Crippen molar-refractivity contribution in [2.45, 2.75) is 63.7 Å². The molecule has 2 aliphatic rings. The Kier molecular flexibility index (Phi) is 12.6. The number of furan rings is 1. The van der Waals surface area contributed by atoms with Crippen LogP contribution in [0.15, 0.2) is 41.1 Å². The molecule has 0 radical (unpaired) electrons. The molecular formula is C26H32F6N2O7. The molecular weight excluding hydrogens is 566 g/mol. The summed E-state index contributed by atoms with van der Waals surface area (Å²) in [6, 6.07) is 8.15. The first-order valence-electron chi connectivity index (χ1n) is 12.6. The summed E-state index contributed by atoms with van der Waals surface area (Å²) in [7, 11) is 0. The van der Waals surface area contributed by atoms with Crippen molar-refractivity contribution in [3.05, 3.63) is 53.7 Å². The molecule has 15 heteroatoms. The molecule has 0 aliphatic carbocycles. The molecule has 0 saturated carbocycles. The number of carbonyl (C=O) groups is 2. The minimum Gasteiger partial charge on any atom is -0.475 e. The number of carboxylic acids is 2. The third kappa shape index (κ3) is 11.7. The summed E-state index contributed by atoms with van der Waals surface area (Å²) >= 11 is 0. The van der Waals surface area contributed by atoms with E-state index >= 15 is 0 Å². The molecule has 4 rings (SSSR count). The van der Waals surface area contributed by atoms with Crippen molar-refractivity contribution >= 4 is 11.9 Å². The van der Waals surface area contributed by atoms with Crippen LogP contribution in [0.4, 0.5) is 26.3 Å². The monoisotopic (exact) mass is 598 g/mol. The van der Waals surface area contributed by atoms with E-state index in [1.54, 1.807) is 6.20 Å². The van der Waals surface area contributed by atoms with Crippen LogP contribution in [-0.2, 0) is 32.2 Å². The Hall–Kier alpha value is -3.17. The van der Waals surface area contributed by atoms with Crippen LogP contribution in [0.1, 0.15) is 42.8 Å². The van der Waals surface area contributed by atoms with Gasteiger partial charge in [-0.2, -0.15) is 26.3 Å². The number of alkyl halides is 6. The van der Waals surface area contributed by atoms with E-state index in [-0.39, 0.29) is 5.60 Å². The molecule has 1 unspecified atom stereocenters. The molecule has 2 N–H and O–H groups in total. The van der Waals surface area contributed by atoms with Crippen molar-refractivity contribution in [1.82, 2.24) is 9.88 Å². The highest BCUT2D eigenvalue weighted by atomic mass is 19.4. The molecule has 2 aliphatic heterocycles. The van der Waals surface area contributed by atoms with Crippen molar-refractivity contribution in [3.8, 4) is 0 Å². The Labute approximate surface area is 232 Å². The summed E-state index contributed by atoms with van der Waals surface area (Å²) in [6.45, 7) is 7.39. The van der Waals surface area contributed by atoms with E-state index in [1.165, 1.54) is 0 Å². The number of pyridine rings is 1. The topological polar surface area (TPSA) is 122 Å². The fraction of sp³-hybridized carbons (Fsp3) is 0.577. The number of aryl methyl sites for hydroxylation is 1. The number of hydrogen-bond donors (Lipinski definition) is 2. The lowest BCUT2D eigenvalue weighted by atomic mass is 9.78. The second-order valence-electron chi connectivity index (χ2n) is 9.50. The van der Waals surface area contributed by atoms with Gasteiger partial charge in [0.25, 0.3) is 0 Å². The van der Waals surface area contributed by atoms with Crippen molar-refractivity contribution < 1.29 is 60.0 Å². The molecule has 2 aromatic rings. The number of aromatic nitrogens is 1. The molecule has 2 saturated heterocycles. The van der Waals surface area contributed by atoms with Crippen molar-refractivity contribution in [1.29, 1.82) is 0 Å². The zero-order valence-electron chi connectivity index (χ0n) is 22.2. The number of nitrogens with zero attached hydrogens (tertiary/aromatic N) is 2. The number of hydrogen-bond acceptors (Lipinski definition) is 7. The summed E-state index contributed by atoms with van der Waals surface area (Å²) in [6.07, 6.45) is -2.04. The first-order chi connectivity index (χ1) is 19.1. The van der Waals surface area contributed by atoms with Gasteiger partial charge in [-0.15, -0.1) is 0 Å². The van der Waals surface area contributed by atoms with Crippen LogP contribution in [-0.4, -0.2) is 76.3 Å². The average molecular weight is 599 g/mol. The molecule has 4 heterocycles. The molecule has 0 aromatic carbocycles. The molecule has 9 nitrogen and oxygen atoms in total. The standard InChI is InChI=1S/C22H30N2O3.2C2HF3O2/c1-18-4-5-21(27-18)16-24-11-8-22(9-12-24)20(7-14-26-22)6-13-25-17-19-3-2-10-23-15-19;2*3-2(4,5)1(6)7/h2-5,10,15,20H,6-9,11-14,16-17H2,1H3;2*(H,6,7). The van der Waals surface area contributed by atoms with Crippen LogP contribution in [0.3, 0.4) is 0 Å². The maximum atomic E-state index is 10.6. The number of rotatable bonds is 7. The number of likely N-dealkylation sites (tertiary alicyclic amines) is 1. The van der Waals surface area contributed by atoms with Gasteiger partial charge in [0.1, 0.15) is 11.5 Å². The maximum absolute atomic E-state index is 10.6. The smallest absolute Gasteiger partial charge is 0.475 e. The first-order valence-corrected chi connectivity index (χ1v) is 12.6. The predicted molar refractivity (Wildman–Crippen MR) is 131 cm³/mol. The van der Waals surface area contributed by atoms with E-state index in [0.29, 0.717) is 12.5 Å². The summed E-state index contributed by atoms with van der Waals surface area (Å²) in [4.78, 5) is 24.4. The maximum Gasteiger partial charge on any atom is 0.490 e. The van der Waals surface area contributed by atoms with Crippen molar-refractivity contribution in [2.24, 2.45) is 5.92 Å². The number of halogens is 6. The summed E-state index contributed by atoms with van der Waals surface area (Å²) in [5, 5.41) is 14.2. The zero-order chi connectivity index (χ0) is 30.7. The Morgan fingerprint density at radius 2 is 1.68 bits per heavy atom. The third-order valence-corrected chi connectivity index (χ3v) is 6.56. The van der Waals surface area contributed by atoms with Crippen LogP contribution in [0.25, 0.3) is 0 Å². The number of ether oxygens (including phenoxy) is 2.